The topological polar surface area (TPSA) is 200 Å². The Kier molecular flexibility index (Phi) is 17.3. The third kappa shape index (κ3) is 14.7. The maximum Gasteiger partial charge on any atom is 0.344 e. The minimum Gasteiger partial charge on any atom is -0.482 e. The van der Waals surface area contributed by atoms with Crippen LogP contribution in [0.4, 0.5) is 0 Å². The van der Waals surface area contributed by atoms with E-state index in [1.807, 2.05) is 18.2 Å². The second kappa shape index (κ2) is 21.6. The van der Waals surface area contributed by atoms with Gasteiger partial charge < -0.3 is 44.8 Å². The number of carboxylic acids is 1. The van der Waals surface area contributed by atoms with Crippen LogP contribution in [0.2, 0.25) is 0 Å². The Labute approximate surface area is 315 Å². The summed E-state index contributed by atoms with van der Waals surface area (Å²) in [5.74, 6) is -0.757. The molecule has 0 unspecified atom stereocenters. The van der Waals surface area contributed by atoms with Gasteiger partial charge in [0.1, 0.15) is 17.1 Å². The van der Waals surface area contributed by atoms with Crippen molar-refractivity contribution in [2.24, 2.45) is 0 Å². The maximum atomic E-state index is 12.5. The highest BCUT2D eigenvalue weighted by molar-refractivity contribution is 5.96. The summed E-state index contributed by atoms with van der Waals surface area (Å²) in [4.78, 5) is 34.8. The number of ketones is 1. The second-order valence-corrected chi connectivity index (χ2v) is 13.5. The third-order valence-electron chi connectivity index (χ3n) is 8.11. The molecule has 12 heteroatoms. The lowest BCUT2D eigenvalue weighted by molar-refractivity contribution is -0.157. The van der Waals surface area contributed by atoms with Gasteiger partial charge in [0, 0.05) is 12.0 Å². The molecule has 0 spiro atoms. The first-order valence-electron chi connectivity index (χ1n) is 17.5. The van der Waals surface area contributed by atoms with Crippen molar-refractivity contribution in [2.75, 3.05) is 13.2 Å². The van der Waals surface area contributed by atoms with Gasteiger partial charge in [0.05, 0.1) is 32.5 Å². The van der Waals surface area contributed by atoms with Crippen molar-refractivity contribution < 1.29 is 59.2 Å². The fraction of sp³-hybridized carbons (Fsp3) is 0.357. The molecule has 0 heterocycles. The number of aliphatic carboxylic acids is 1. The summed E-state index contributed by atoms with van der Waals surface area (Å²) in [5, 5.41) is 56.2. The maximum absolute atomic E-state index is 12.5. The summed E-state index contributed by atoms with van der Waals surface area (Å²) in [7, 11) is 0. The highest BCUT2D eigenvalue weighted by atomic mass is 16.6. The van der Waals surface area contributed by atoms with Crippen molar-refractivity contribution in [2.45, 2.75) is 84.6 Å². The molecule has 290 valence electrons. The highest BCUT2D eigenvalue weighted by Crippen LogP contribution is 2.24. The molecule has 1 atom stereocenters. The van der Waals surface area contributed by atoms with E-state index >= 15 is 0 Å². The van der Waals surface area contributed by atoms with Crippen LogP contribution >= 0.6 is 0 Å². The molecule has 12 nitrogen and oxygen atoms in total. The first kappa shape index (κ1) is 43.3. The summed E-state index contributed by atoms with van der Waals surface area (Å²) in [5.41, 5.74) is 5.15. The average molecular weight is 747 g/mol. The van der Waals surface area contributed by atoms with Crippen molar-refractivity contribution >= 4 is 17.7 Å². The Bertz CT molecular complexity index is 1830. The summed E-state index contributed by atoms with van der Waals surface area (Å²) in [6, 6.07) is 24.3. The molecule has 0 fully saturated rings. The van der Waals surface area contributed by atoms with Gasteiger partial charge in [-0.05, 0) is 103 Å². The fourth-order valence-electron chi connectivity index (χ4n) is 5.37. The smallest absolute Gasteiger partial charge is 0.344 e. The van der Waals surface area contributed by atoms with Crippen LogP contribution in [0.1, 0.15) is 89.0 Å². The third-order valence-corrected chi connectivity index (χ3v) is 8.11. The van der Waals surface area contributed by atoms with E-state index in [-0.39, 0.29) is 38.8 Å². The number of rotatable bonds is 18. The van der Waals surface area contributed by atoms with Gasteiger partial charge in [-0.1, -0.05) is 60.7 Å². The first-order chi connectivity index (χ1) is 25.7. The molecule has 0 amide bonds. The zero-order valence-corrected chi connectivity index (χ0v) is 30.9. The molecule has 0 bridgehead atoms. The predicted molar refractivity (Wildman–Crippen MR) is 200 cm³/mol. The van der Waals surface area contributed by atoms with Gasteiger partial charge in [-0.2, -0.15) is 0 Å². The lowest BCUT2D eigenvalue weighted by Crippen LogP contribution is -2.27. The molecule has 4 rings (SSSR count). The molecule has 4 aromatic carbocycles. The summed E-state index contributed by atoms with van der Waals surface area (Å²) in [6.07, 6.45) is 1.15. The van der Waals surface area contributed by atoms with Gasteiger partial charge in [0.25, 0.3) is 0 Å². The van der Waals surface area contributed by atoms with Crippen LogP contribution in [0.3, 0.4) is 0 Å². The largest absolute Gasteiger partial charge is 0.482 e. The molecule has 0 saturated carbocycles. The molecule has 0 saturated heterocycles. The molecule has 0 aliphatic rings. The fourth-order valence-corrected chi connectivity index (χ4v) is 5.37. The van der Waals surface area contributed by atoms with E-state index in [9.17, 15) is 39.9 Å². The Morgan fingerprint density at radius 1 is 0.648 bits per heavy atom. The molecule has 0 aliphatic heterocycles. The number of benzene rings is 4. The Morgan fingerprint density at radius 2 is 1.19 bits per heavy atom. The summed E-state index contributed by atoms with van der Waals surface area (Å²) >= 11 is 0. The van der Waals surface area contributed by atoms with Crippen LogP contribution < -0.4 is 9.47 Å². The van der Waals surface area contributed by atoms with Gasteiger partial charge in [0.2, 0.25) is 0 Å². The molecule has 0 radical (unpaired) electrons. The van der Waals surface area contributed by atoms with Crippen LogP contribution in [-0.2, 0) is 53.6 Å². The number of ether oxygens (including phenoxy) is 3. The van der Waals surface area contributed by atoms with E-state index in [0.717, 1.165) is 11.1 Å². The molecular formula is C42H50O12. The second-order valence-electron chi connectivity index (χ2n) is 13.5. The normalized spacial score (nSPS) is 11.6. The molecular weight excluding hydrogens is 696 g/mol. The number of esters is 1. The number of carbonyl (C=O) groups is 3. The number of carboxylic acid groups (broad SMARTS) is 1. The first-order valence-corrected chi connectivity index (χ1v) is 17.5. The Hall–Kier alpha value is -5.11. The van der Waals surface area contributed by atoms with Crippen molar-refractivity contribution in [1.29, 1.82) is 0 Å². The van der Waals surface area contributed by atoms with Crippen LogP contribution in [-0.4, -0.2) is 67.2 Å². The van der Waals surface area contributed by atoms with Crippen molar-refractivity contribution in [1.82, 2.24) is 0 Å². The predicted octanol–water partition coefficient (Wildman–Crippen LogP) is 5.01. The monoisotopic (exact) mass is 746 g/mol. The molecule has 54 heavy (non-hydrogen) atoms. The highest BCUT2D eigenvalue weighted by Gasteiger charge is 2.17. The van der Waals surface area contributed by atoms with Gasteiger partial charge in [-0.15, -0.1) is 0 Å². The number of Topliss-reactive ketones (excluding diaryl/α,β-unsaturated/α-hetero) is 1. The minimum absolute atomic E-state index is 0.0514. The number of aliphatic hydroxyl groups excluding tert-OH is 5. The number of hydrogen-bond acceptors (Lipinski definition) is 11. The lowest BCUT2D eigenvalue weighted by atomic mass is 9.98. The Balaban J connectivity index is 0.000000294. The van der Waals surface area contributed by atoms with E-state index in [0.29, 0.717) is 70.6 Å². The molecule has 0 aromatic heterocycles. The van der Waals surface area contributed by atoms with E-state index in [4.69, 9.17) is 19.3 Å². The van der Waals surface area contributed by atoms with E-state index in [1.165, 1.54) is 0 Å². The SMILES string of the molecule is CC(C)(C)OC(=O)COc1cccc(C(=O)CCc2ccc(CO)c(CO)c2)c1.O=C(O)COc1cccc([C@H](O)CCc2ccc(CO)c(CO)c2)c1. The minimum atomic E-state index is -1.06. The standard InChI is InChI=1S/C23H28O6.C19H22O6/c1-23(2,3)29-22(27)15-28-20-6-4-5-17(12-20)21(26)10-8-16-7-9-18(13-24)19(11-16)14-25;20-10-15-6-4-13(8-16(15)11-21)5-7-18(22)14-2-1-3-17(9-14)25-12-19(23)24/h4-7,9,11-12,24-25H,8,10,13-15H2,1-3H3;1-4,6,8-9,18,20-22H,5,7,10-12H2,(H,23,24)/t;18-/m.1/s1. The number of aryl methyl sites for hydroxylation is 2. The van der Waals surface area contributed by atoms with Gasteiger partial charge in [-0.25, -0.2) is 9.59 Å². The zero-order valence-electron chi connectivity index (χ0n) is 30.9. The number of hydrogen-bond donors (Lipinski definition) is 6. The molecule has 0 aliphatic carbocycles. The van der Waals surface area contributed by atoms with E-state index in [1.54, 1.807) is 87.5 Å². The quantitative estimate of drug-likeness (QED) is 0.0589. The van der Waals surface area contributed by atoms with Crippen LogP contribution in [0.5, 0.6) is 11.5 Å². The van der Waals surface area contributed by atoms with Crippen molar-refractivity contribution in [3.05, 3.63) is 129 Å². The van der Waals surface area contributed by atoms with Crippen LogP contribution in [0.25, 0.3) is 0 Å². The molecule has 6 N–H and O–H groups in total. The van der Waals surface area contributed by atoms with Gasteiger partial charge >= 0.3 is 11.9 Å². The average Bonchev–Trinajstić information content (AvgIpc) is 3.16. The number of carbonyl (C=O) groups excluding carboxylic acids is 2. The van der Waals surface area contributed by atoms with Crippen LogP contribution in [0.15, 0.2) is 84.9 Å². The zero-order chi connectivity index (χ0) is 39.7. The Morgan fingerprint density at radius 3 is 1.74 bits per heavy atom. The lowest BCUT2D eigenvalue weighted by Gasteiger charge is -2.19. The van der Waals surface area contributed by atoms with Crippen LogP contribution in [0, 0.1) is 0 Å². The summed E-state index contributed by atoms with van der Waals surface area (Å²) < 4.78 is 15.8. The van der Waals surface area contributed by atoms with Crippen molar-refractivity contribution in [3.8, 4) is 11.5 Å². The molecule has 4 aromatic rings. The van der Waals surface area contributed by atoms with E-state index in [2.05, 4.69) is 0 Å². The van der Waals surface area contributed by atoms with Gasteiger partial charge in [0.15, 0.2) is 19.0 Å². The number of aliphatic hydroxyl groups is 5. The van der Waals surface area contributed by atoms with Crippen molar-refractivity contribution in [3.63, 3.8) is 0 Å². The summed E-state index contributed by atoms with van der Waals surface area (Å²) in [6.45, 7) is 4.13. The van der Waals surface area contributed by atoms with E-state index < -0.39 is 30.3 Å². The van der Waals surface area contributed by atoms with Gasteiger partial charge in [-0.3, -0.25) is 4.79 Å².